The molecule has 1 atom stereocenters. The van der Waals surface area contributed by atoms with Gasteiger partial charge in [-0.3, -0.25) is 4.79 Å². The highest BCUT2D eigenvalue weighted by atomic mass is 31.2. The Morgan fingerprint density at radius 3 is 2.00 bits per heavy atom. The van der Waals surface area contributed by atoms with Crippen LogP contribution in [0.5, 0.6) is 0 Å². The molecule has 0 saturated carbocycles. The first kappa shape index (κ1) is 13.8. The molecule has 0 N–H and O–H groups in total. The van der Waals surface area contributed by atoms with Gasteiger partial charge in [0.1, 0.15) is 5.66 Å². The molecule has 0 aromatic heterocycles. The Kier molecular flexibility index (Phi) is 8.05. The third-order valence-electron chi connectivity index (χ3n) is 1.46. The smallest absolute Gasteiger partial charge is 0.317 e. The van der Waals surface area contributed by atoms with Crippen molar-refractivity contribution in [3.8, 4) is 0 Å². The molecule has 14 heavy (non-hydrogen) atoms. The second-order valence-corrected chi connectivity index (χ2v) is 4.41. The minimum atomic E-state index is -1.15. The summed E-state index contributed by atoms with van der Waals surface area (Å²) in [5.41, 5.74) is -0.315. The first-order chi connectivity index (χ1) is 6.67. The Hall–Kier alpha value is -0.180. The minimum absolute atomic E-state index is 0.250. The highest BCUT2D eigenvalue weighted by Crippen LogP contribution is 2.43. The van der Waals surface area contributed by atoms with E-state index in [1.807, 2.05) is 13.8 Å². The molecule has 5 heteroatoms. The summed E-state index contributed by atoms with van der Waals surface area (Å²) in [5.74, 6) is -0.250. The zero-order valence-corrected chi connectivity index (χ0v) is 10.2. The minimum Gasteiger partial charge on any atom is -0.465 e. The Bertz CT molecular complexity index is 157. The normalized spacial score (nSPS) is 12.9. The van der Waals surface area contributed by atoms with Crippen molar-refractivity contribution in [1.82, 2.24) is 0 Å². The summed E-state index contributed by atoms with van der Waals surface area (Å²) in [5, 5.41) is 0. The number of esters is 1. The average molecular weight is 222 g/mol. The van der Waals surface area contributed by atoms with Gasteiger partial charge in [0.25, 0.3) is 0 Å². The second-order valence-electron chi connectivity index (χ2n) is 2.55. The monoisotopic (exact) mass is 222 g/mol. The highest BCUT2D eigenvalue weighted by molar-refractivity contribution is 7.49. The van der Waals surface area contributed by atoms with Crippen LogP contribution in [0.15, 0.2) is 0 Å². The molecule has 0 rings (SSSR count). The molecule has 0 aromatic carbocycles. The molecule has 0 bridgehead atoms. The summed E-state index contributed by atoms with van der Waals surface area (Å²) in [4.78, 5) is 11.4. The number of rotatable bonds is 7. The fraction of sp³-hybridized carbons (Fsp3) is 0.889. The van der Waals surface area contributed by atoms with Gasteiger partial charge in [0.05, 0.1) is 19.8 Å². The van der Waals surface area contributed by atoms with Crippen LogP contribution in [0.4, 0.5) is 0 Å². The molecule has 0 aromatic rings. The molecular formula is C9H19O4P. The van der Waals surface area contributed by atoms with Crippen LogP contribution in [0.2, 0.25) is 0 Å². The number of carbonyl (C=O) groups is 1. The number of hydrogen-bond donors (Lipinski definition) is 0. The summed E-state index contributed by atoms with van der Waals surface area (Å²) < 4.78 is 15.6. The summed E-state index contributed by atoms with van der Waals surface area (Å²) in [6.45, 7) is 8.82. The summed E-state index contributed by atoms with van der Waals surface area (Å²) >= 11 is 0. The Balaban J connectivity index is 4.11. The van der Waals surface area contributed by atoms with Gasteiger partial charge in [-0.05, 0) is 27.7 Å². The topological polar surface area (TPSA) is 44.8 Å². The van der Waals surface area contributed by atoms with Crippen molar-refractivity contribution in [2.45, 2.75) is 33.4 Å². The molecule has 0 aliphatic heterocycles. The summed E-state index contributed by atoms with van der Waals surface area (Å²) in [6, 6.07) is 0. The van der Waals surface area contributed by atoms with Crippen LogP contribution < -0.4 is 0 Å². The average Bonchev–Trinajstić information content (AvgIpc) is 2.17. The van der Waals surface area contributed by atoms with Crippen molar-refractivity contribution in [3.63, 3.8) is 0 Å². The van der Waals surface area contributed by atoms with Gasteiger partial charge in [-0.15, -0.1) is 0 Å². The van der Waals surface area contributed by atoms with E-state index in [0.29, 0.717) is 19.8 Å². The number of carbonyl (C=O) groups excluding carboxylic acids is 1. The first-order valence-electron chi connectivity index (χ1n) is 4.88. The Morgan fingerprint density at radius 1 is 1.14 bits per heavy atom. The lowest BCUT2D eigenvalue weighted by Crippen LogP contribution is -2.20. The maximum Gasteiger partial charge on any atom is 0.317 e. The van der Waals surface area contributed by atoms with Gasteiger partial charge in [-0.1, -0.05) is 0 Å². The fourth-order valence-corrected chi connectivity index (χ4v) is 2.14. The fourth-order valence-electron chi connectivity index (χ4n) is 0.864. The molecule has 0 aliphatic rings. The zero-order chi connectivity index (χ0) is 11.0. The van der Waals surface area contributed by atoms with Crippen LogP contribution in [-0.2, 0) is 18.6 Å². The van der Waals surface area contributed by atoms with Crippen molar-refractivity contribution < 1.29 is 18.6 Å². The van der Waals surface area contributed by atoms with E-state index in [4.69, 9.17) is 13.8 Å². The predicted octanol–water partition coefficient (Wildman–Crippen LogP) is 2.32. The Morgan fingerprint density at radius 2 is 1.64 bits per heavy atom. The predicted molar refractivity (Wildman–Crippen MR) is 56.3 cm³/mol. The van der Waals surface area contributed by atoms with Crippen molar-refractivity contribution >= 4 is 14.3 Å². The van der Waals surface area contributed by atoms with Gasteiger partial charge in [0, 0.05) is 0 Å². The van der Waals surface area contributed by atoms with Gasteiger partial charge in [-0.2, -0.15) is 0 Å². The molecule has 1 unspecified atom stereocenters. The first-order valence-corrected chi connectivity index (χ1v) is 6.13. The van der Waals surface area contributed by atoms with E-state index in [9.17, 15) is 4.79 Å². The Labute approximate surface area is 86.8 Å². The quantitative estimate of drug-likeness (QED) is 0.490. The molecular weight excluding hydrogens is 203 g/mol. The summed E-state index contributed by atoms with van der Waals surface area (Å²) in [6.07, 6.45) is 0. The lowest BCUT2D eigenvalue weighted by atomic mass is 10.5. The summed E-state index contributed by atoms with van der Waals surface area (Å²) in [7, 11) is -1.15. The van der Waals surface area contributed by atoms with Crippen molar-refractivity contribution in [1.29, 1.82) is 0 Å². The van der Waals surface area contributed by atoms with Gasteiger partial charge in [-0.25, -0.2) is 0 Å². The molecule has 0 aliphatic carbocycles. The molecule has 0 spiro atoms. The maximum absolute atomic E-state index is 11.4. The van der Waals surface area contributed by atoms with Gasteiger partial charge in [0.2, 0.25) is 0 Å². The standard InChI is InChI=1S/C9H19O4P/c1-5-11-9(10)8(4)14(12-6-2)13-7-3/h8H,5-7H2,1-4H3. The van der Waals surface area contributed by atoms with E-state index in [0.717, 1.165) is 0 Å². The van der Waals surface area contributed by atoms with Crippen molar-refractivity contribution in [2.24, 2.45) is 0 Å². The molecule has 0 amide bonds. The van der Waals surface area contributed by atoms with E-state index in [-0.39, 0.29) is 11.6 Å². The number of hydrogen-bond acceptors (Lipinski definition) is 4. The van der Waals surface area contributed by atoms with Gasteiger partial charge in [0.15, 0.2) is 8.38 Å². The third-order valence-corrected chi connectivity index (χ3v) is 3.33. The van der Waals surface area contributed by atoms with Crippen LogP contribution in [0, 0.1) is 0 Å². The van der Waals surface area contributed by atoms with Crippen molar-refractivity contribution in [3.05, 3.63) is 0 Å². The number of ether oxygens (including phenoxy) is 1. The third kappa shape index (κ3) is 4.89. The van der Waals surface area contributed by atoms with Crippen LogP contribution in [0.25, 0.3) is 0 Å². The van der Waals surface area contributed by atoms with Crippen LogP contribution in [0.3, 0.4) is 0 Å². The molecule has 84 valence electrons. The maximum atomic E-state index is 11.4. The lowest BCUT2D eigenvalue weighted by molar-refractivity contribution is -0.142. The van der Waals surface area contributed by atoms with E-state index < -0.39 is 8.38 Å². The van der Waals surface area contributed by atoms with E-state index in [1.165, 1.54) is 0 Å². The molecule has 0 fully saturated rings. The largest absolute Gasteiger partial charge is 0.465 e. The van der Waals surface area contributed by atoms with E-state index in [1.54, 1.807) is 13.8 Å². The molecule has 0 radical (unpaired) electrons. The van der Waals surface area contributed by atoms with Crippen LogP contribution in [0.1, 0.15) is 27.7 Å². The zero-order valence-electron chi connectivity index (χ0n) is 9.28. The van der Waals surface area contributed by atoms with Gasteiger partial charge >= 0.3 is 5.97 Å². The second kappa shape index (κ2) is 8.16. The van der Waals surface area contributed by atoms with Gasteiger partial charge < -0.3 is 13.8 Å². The highest BCUT2D eigenvalue weighted by Gasteiger charge is 2.27. The van der Waals surface area contributed by atoms with Crippen LogP contribution in [-0.4, -0.2) is 31.4 Å². The van der Waals surface area contributed by atoms with E-state index in [2.05, 4.69) is 0 Å². The lowest BCUT2D eigenvalue weighted by Gasteiger charge is -2.20. The van der Waals surface area contributed by atoms with E-state index >= 15 is 0 Å². The molecule has 4 nitrogen and oxygen atoms in total. The van der Waals surface area contributed by atoms with Crippen LogP contribution >= 0.6 is 8.38 Å². The SMILES string of the molecule is CCOC(=O)C(C)P(OCC)OCC. The van der Waals surface area contributed by atoms with Crippen molar-refractivity contribution in [2.75, 3.05) is 19.8 Å². The molecule has 0 heterocycles. The molecule has 0 saturated heterocycles.